The minimum atomic E-state index is -2.40. The Morgan fingerprint density at radius 1 is 1.14 bits per heavy atom. The van der Waals surface area contributed by atoms with Crippen molar-refractivity contribution < 1.29 is 14.1 Å². The fourth-order valence-electron chi connectivity index (χ4n) is 2.25. The third-order valence-corrected chi connectivity index (χ3v) is 5.27. The number of hydrogen-bond donors (Lipinski definition) is 0. The molecule has 0 amide bonds. The van der Waals surface area contributed by atoms with Crippen molar-refractivity contribution in [2.24, 2.45) is 0 Å². The van der Waals surface area contributed by atoms with E-state index in [4.69, 9.17) is 16.3 Å². The predicted octanol–water partition coefficient (Wildman–Crippen LogP) is 4.68. The van der Waals surface area contributed by atoms with Gasteiger partial charge in [0.2, 0.25) is 5.52 Å². The maximum Gasteiger partial charge on any atom is 0.223 e. The predicted molar refractivity (Wildman–Crippen MR) is 91.0 cm³/mol. The second-order valence-electron chi connectivity index (χ2n) is 4.91. The summed E-state index contributed by atoms with van der Waals surface area (Å²) >= 11 is 6.05. The lowest BCUT2D eigenvalue weighted by Crippen LogP contribution is -2.01. The van der Waals surface area contributed by atoms with E-state index in [1.54, 1.807) is 18.2 Å². The van der Waals surface area contributed by atoms with E-state index >= 15 is 0 Å². The molecule has 2 aromatic rings. The molecular formula is C17H18ClO3P. The van der Waals surface area contributed by atoms with Crippen molar-refractivity contribution in [3.05, 3.63) is 64.7 Å². The first-order valence-electron chi connectivity index (χ1n) is 7.07. The molecule has 1 atom stereocenters. The first-order chi connectivity index (χ1) is 10.6. The van der Waals surface area contributed by atoms with Crippen molar-refractivity contribution in [2.75, 3.05) is 13.3 Å². The molecule has 0 aromatic heterocycles. The van der Waals surface area contributed by atoms with Gasteiger partial charge in [0.25, 0.3) is 0 Å². The number of carbonyl (C=O) groups excluding carboxylic acids is 1. The van der Waals surface area contributed by atoms with E-state index in [-0.39, 0.29) is 10.6 Å². The summed E-state index contributed by atoms with van der Waals surface area (Å²) in [6.07, 6.45) is 1.90. The Kier molecular flexibility index (Phi) is 6.23. The van der Waals surface area contributed by atoms with Crippen LogP contribution in [0.15, 0.2) is 48.5 Å². The zero-order chi connectivity index (χ0) is 15.9. The monoisotopic (exact) mass is 336 g/mol. The lowest BCUT2D eigenvalue weighted by atomic mass is 10.1. The number of methoxy groups -OCH3 is 1. The van der Waals surface area contributed by atoms with Crippen LogP contribution in [0.4, 0.5) is 0 Å². The smallest absolute Gasteiger partial charge is 0.223 e. The second kappa shape index (κ2) is 8.17. The number of carbonyl (C=O) groups is 1. The molecular weight excluding hydrogens is 319 g/mol. The summed E-state index contributed by atoms with van der Waals surface area (Å²) in [5.41, 5.74) is 1.01. The van der Waals surface area contributed by atoms with E-state index in [2.05, 4.69) is 0 Å². The van der Waals surface area contributed by atoms with Gasteiger partial charge in [0, 0.05) is 6.16 Å². The van der Waals surface area contributed by atoms with Gasteiger partial charge in [0.1, 0.15) is 13.6 Å². The zero-order valence-corrected chi connectivity index (χ0v) is 14.1. The van der Waals surface area contributed by atoms with Crippen LogP contribution < -0.4 is 4.74 Å². The Labute approximate surface area is 136 Å². The number of halogens is 1. The molecule has 0 spiro atoms. The average molecular weight is 337 g/mol. The molecule has 2 rings (SSSR count). The van der Waals surface area contributed by atoms with Gasteiger partial charge in [-0.3, -0.25) is 4.79 Å². The summed E-state index contributed by atoms with van der Waals surface area (Å²) < 4.78 is 17.4. The lowest BCUT2D eigenvalue weighted by Gasteiger charge is -2.09. The fourth-order valence-corrected chi connectivity index (χ4v) is 3.84. The van der Waals surface area contributed by atoms with Gasteiger partial charge in [-0.2, -0.15) is 0 Å². The van der Waals surface area contributed by atoms with Crippen LogP contribution in [0.3, 0.4) is 0 Å². The topological polar surface area (TPSA) is 43.4 Å². The largest absolute Gasteiger partial charge is 0.496 e. The quantitative estimate of drug-likeness (QED) is 0.689. The van der Waals surface area contributed by atoms with Crippen LogP contribution in [-0.4, -0.2) is 18.8 Å². The number of aryl methyl sites for hydroxylation is 1. The number of hydrogen-bond acceptors (Lipinski definition) is 3. The van der Waals surface area contributed by atoms with E-state index < -0.39 is 13.3 Å². The zero-order valence-electron chi connectivity index (χ0n) is 12.3. The molecule has 0 fully saturated rings. The lowest BCUT2D eigenvalue weighted by molar-refractivity contribution is 0.107. The van der Waals surface area contributed by atoms with Crippen molar-refractivity contribution in [1.82, 2.24) is 0 Å². The van der Waals surface area contributed by atoms with Crippen molar-refractivity contribution in [3.8, 4) is 5.75 Å². The van der Waals surface area contributed by atoms with Crippen LogP contribution in [0.25, 0.3) is 0 Å². The standard InChI is InChI=1S/C17H18ClO3P/c1-21-15-11-5-10-14(18)16(15)17(19)22(20)12-6-9-13-7-3-2-4-8-13/h2-5,7-8,10-11,22H,6,9,12H2,1H3. The van der Waals surface area contributed by atoms with Crippen LogP contribution >= 0.6 is 19.4 Å². The van der Waals surface area contributed by atoms with Crippen LogP contribution in [0, 0.1) is 0 Å². The van der Waals surface area contributed by atoms with Crippen molar-refractivity contribution in [2.45, 2.75) is 12.8 Å². The van der Waals surface area contributed by atoms with Crippen LogP contribution in [-0.2, 0) is 11.0 Å². The molecule has 5 heteroatoms. The molecule has 116 valence electrons. The minimum absolute atomic E-state index is 0.232. The first-order valence-corrected chi connectivity index (χ1v) is 9.06. The highest BCUT2D eigenvalue weighted by Crippen LogP contribution is 2.36. The van der Waals surface area contributed by atoms with Crippen molar-refractivity contribution in [3.63, 3.8) is 0 Å². The molecule has 22 heavy (non-hydrogen) atoms. The summed E-state index contributed by atoms with van der Waals surface area (Å²) in [5.74, 6) is 0.374. The molecule has 1 unspecified atom stereocenters. The summed E-state index contributed by atoms with van der Waals surface area (Å²) in [7, 11) is -0.929. The third kappa shape index (κ3) is 4.22. The minimum Gasteiger partial charge on any atom is -0.496 e. The van der Waals surface area contributed by atoms with E-state index in [1.165, 1.54) is 12.7 Å². The molecule has 0 N–H and O–H groups in total. The molecule has 0 heterocycles. The number of rotatable bonds is 7. The molecule has 0 bridgehead atoms. The molecule has 0 aliphatic carbocycles. The first kappa shape index (κ1) is 16.8. The van der Waals surface area contributed by atoms with Crippen molar-refractivity contribution >= 4 is 24.9 Å². The van der Waals surface area contributed by atoms with Gasteiger partial charge in [-0.1, -0.05) is 48.0 Å². The van der Waals surface area contributed by atoms with Crippen LogP contribution in [0.2, 0.25) is 5.02 Å². The van der Waals surface area contributed by atoms with Gasteiger partial charge in [-0.15, -0.1) is 0 Å². The van der Waals surface area contributed by atoms with Gasteiger partial charge in [-0.25, -0.2) is 0 Å². The molecule has 0 saturated carbocycles. The summed E-state index contributed by atoms with van der Waals surface area (Å²) in [5, 5.41) is 0.283. The van der Waals surface area contributed by atoms with Gasteiger partial charge >= 0.3 is 0 Å². The summed E-state index contributed by atoms with van der Waals surface area (Å²) in [6.45, 7) is 0. The van der Waals surface area contributed by atoms with Crippen LogP contribution in [0.1, 0.15) is 22.3 Å². The average Bonchev–Trinajstić information content (AvgIpc) is 2.54. The molecule has 2 aromatic carbocycles. The highest BCUT2D eigenvalue weighted by Gasteiger charge is 2.21. The van der Waals surface area contributed by atoms with Gasteiger partial charge in [0.05, 0.1) is 17.7 Å². The second-order valence-corrected chi connectivity index (χ2v) is 7.12. The normalized spacial score (nSPS) is 11.9. The van der Waals surface area contributed by atoms with E-state index in [9.17, 15) is 9.36 Å². The van der Waals surface area contributed by atoms with E-state index in [1.807, 2.05) is 30.3 Å². The van der Waals surface area contributed by atoms with E-state index in [0.29, 0.717) is 18.3 Å². The molecule has 0 radical (unpaired) electrons. The fraction of sp³-hybridized carbons (Fsp3) is 0.235. The highest BCUT2D eigenvalue weighted by molar-refractivity contribution is 7.64. The van der Waals surface area contributed by atoms with E-state index in [0.717, 1.165) is 6.42 Å². The number of benzene rings is 2. The molecule has 0 aliphatic rings. The SMILES string of the molecule is COc1cccc(Cl)c1C(=O)[PH](=O)CCCc1ccccc1. The summed E-state index contributed by atoms with van der Waals surface area (Å²) in [6, 6.07) is 14.9. The molecule has 0 saturated heterocycles. The Hall–Kier alpha value is -1.57. The third-order valence-electron chi connectivity index (χ3n) is 3.39. The summed E-state index contributed by atoms with van der Waals surface area (Å²) in [4.78, 5) is 12.4. The van der Waals surface area contributed by atoms with Gasteiger partial charge < -0.3 is 9.30 Å². The molecule has 0 aliphatic heterocycles. The number of ether oxygens (including phenoxy) is 1. The van der Waals surface area contributed by atoms with Gasteiger partial charge in [0.15, 0.2) is 0 Å². The highest BCUT2D eigenvalue weighted by atomic mass is 35.5. The Morgan fingerprint density at radius 2 is 1.86 bits per heavy atom. The van der Waals surface area contributed by atoms with Crippen LogP contribution in [0.5, 0.6) is 5.75 Å². The maximum absolute atomic E-state index is 12.4. The Balaban J connectivity index is 2.00. The van der Waals surface area contributed by atoms with Crippen molar-refractivity contribution in [1.29, 1.82) is 0 Å². The molecule has 3 nitrogen and oxygen atoms in total. The van der Waals surface area contributed by atoms with Gasteiger partial charge in [-0.05, 0) is 30.5 Å². The Morgan fingerprint density at radius 3 is 2.55 bits per heavy atom. The Bertz CT molecular complexity index is 671. The maximum atomic E-state index is 12.4.